The predicted molar refractivity (Wildman–Crippen MR) is 67.1 cm³/mol. The number of carbonyl (C=O) groups is 1. The number of hydrogen-bond donors (Lipinski definition) is 4. The van der Waals surface area contributed by atoms with Crippen molar-refractivity contribution in [3.05, 3.63) is 6.20 Å². The third-order valence-corrected chi connectivity index (χ3v) is 3.99. The van der Waals surface area contributed by atoms with E-state index < -0.39 is 5.54 Å². The standard InChI is InChI=1S/C11H17N5O/c1-16-7-6-14-9(12)8(7)15-10(17)11(16)2-4-13-5-3-11/h6,13-14H,2-5,12H2,1H3,(H,15,17). The Morgan fingerprint density at radius 3 is 2.82 bits per heavy atom. The van der Waals surface area contributed by atoms with E-state index in [2.05, 4.69) is 20.5 Å². The lowest BCUT2D eigenvalue weighted by Crippen LogP contribution is -2.62. The minimum atomic E-state index is -0.424. The summed E-state index contributed by atoms with van der Waals surface area (Å²) in [6.45, 7) is 1.74. The molecule has 3 rings (SSSR count). The fourth-order valence-electron chi connectivity index (χ4n) is 2.84. The predicted octanol–water partition coefficient (Wildman–Crippen LogP) is 0.107. The van der Waals surface area contributed by atoms with Gasteiger partial charge in [0.15, 0.2) is 0 Å². The molecule has 2 aliphatic rings. The molecule has 6 nitrogen and oxygen atoms in total. The van der Waals surface area contributed by atoms with Crippen molar-refractivity contribution in [1.82, 2.24) is 10.3 Å². The first-order chi connectivity index (χ1) is 8.15. The Bertz CT molecular complexity index is 460. The fourth-order valence-corrected chi connectivity index (χ4v) is 2.84. The summed E-state index contributed by atoms with van der Waals surface area (Å²) in [6.07, 6.45) is 3.49. The van der Waals surface area contributed by atoms with Gasteiger partial charge in [-0.15, -0.1) is 0 Å². The third-order valence-electron chi connectivity index (χ3n) is 3.99. The van der Waals surface area contributed by atoms with Crippen LogP contribution in [0, 0.1) is 0 Å². The average molecular weight is 235 g/mol. The van der Waals surface area contributed by atoms with Gasteiger partial charge in [0.2, 0.25) is 0 Å². The molecular formula is C11H17N5O. The van der Waals surface area contributed by atoms with Crippen LogP contribution in [0.3, 0.4) is 0 Å². The van der Waals surface area contributed by atoms with Gasteiger partial charge < -0.3 is 26.3 Å². The Kier molecular flexibility index (Phi) is 2.09. The molecule has 0 saturated carbocycles. The van der Waals surface area contributed by atoms with Crippen molar-refractivity contribution in [3.63, 3.8) is 0 Å². The number of nitrogens with zero attached hydrogens (tertiary/aromatic N) is 1. The zero-order valence-corrected chi connectivity index (χ0v) is 9.84. The number of fused-ring (bicyclic) bond motifs is 1. The number of hydrogen-bond acceptors (Lipinski definition) is 4. The van der Waals surface area contributed by atoms with Crippen LogP contribution in [0.2, 0.25) is 0 Å². The second-order valence-electron chi connectivity index (χ2n) is 4.76. The molecule has 1 aromatic heterocycles. The molecule has 0 aliphatic carbocycles. The van der Waals surface area contributed by atoms with Crippen molar-refractivity contribution < 1.29 is 4.79 Å². The molecular weight excluding hydrogens is 218 g/mol. The molecule has 1 fully saturated rings. The second-order valence-corrected chi connectivity index (χ2v) is 4.76. The molecule has 2 aliphatic heterocycles. The first kappa shape index (κ1) is 10.5. The van der Waals surface area contributed by atoms with Gasteiger partial charge in [-0.2, -0.15) is 0 Å². The number of anilines is 3. The van der Waals surface area contributed by atoms with Crippen LogP contribution in [0.5, 0.6) is 0 Å². The fraction of sp³-hybridized carbons (Fsp3) is 0.545. The van der Waals surface area contributed by atoms with Gasteiger partial charge in [-0.25, -0.2) is 0 Å². The van der Waals surface area contributed by atoms with Crippen LogP contribution in [0.4, 0.5) is 17.2 Å². The monoisotopic (exact) mass is 235 g/mol. The van der Waals surface area contributed by atoms with Gasteiger partial charge in [-0.1, -0.05) is 0 Å². The lowest BCUT2D eigenvalue weighted by Gasteiger charge is -2.47. The molecule has 0 radical (unpaired) electrons. The third kappa shape index (κ3) is 1.27. The number of carbonyl (C=O) groups excluding carboxylic acids is 1. The van der Waals surface area contributed by atoms with Crippen LogP contribution >= 0.6 is 0 Å². The quantitative estimate of drug-likeness (QED) is 0.514. The Balaban J connectivity index is 2.06. The van der Waals surface area contributed by atoms with E-state index in [4.69, 9.17) is 5.73 Å². The highest BCUT2D eigenvalue weighted by Crippen LogP contribution is 2.42. The molecule has 0 aromatic carbocycles. The zero-order chi connectivity index (χ0) is 12.0. The molecule has 1 amide bonds. The van der Waals surface area contributed by atoms with Crippen molar-refractivity contribution >= 4 is 23.1 Å². The van der Waals surface area contributed by atoms with Gasteiger partial charge in [0.25, 0.3) is 5.91 Å². The number of rotatable bonds is 0. The van der Waals surface area contributed by atoms with Gasteiger partial charge >= 0.3 is 0 Å². The largest absolute Gasteiger partial charge is 0.383 e. The molecule has 6 heteroatoms. The van der Waals surface area contributed by atoms with E-state index in [1.807, 2.05) is 13.2 Å². The molecule has 92 valence electrons. The van der Waals surface area contributed by atoms with E-state index in [0.717, 1.165) is 31.6 Å². The second kappa shape index (κ2) is 3.40. The smallest absolute Gasteiger partial charge is 0.250 e. The lowest BCUT2D eigenvalue weighted by atomic mass is 9.84. The Hall–Kier alpha value is -1.69. The maximum absolute atomic E-state index is 12.3. The molecule has 0 atom stereocenters. The number of likely N-dealkylation sites (N-methyl/N-ethyl adjacent to an activating group) is 1. The maximum Gasteiger partial charge on any atom is 0.250 e. The summed E-state index contributed by atoms with van der Waals surface area (Å²) in [5, 5.41) is 6.22. The number of aromatic amines is 1. The topological polar surface area (TPSA) is 86.2 Å². The zero-order valence-electron chi connectivity index (χ0n) is 9.84. The summed E-state index contributed by atoms with van der Waals surface area (Å²) in [5.41, 5.74) is 7.06. The molecule has 3 heterocycles. The molecule has 0 unspecified atom stereocenters. The Morgan fingerprint density at radius 1 is 1.41 bits per heavy atom. The minimum Gasteiger partial charge on any atom is -0.383 e. The SMILES string of the molecule is CN1c2c[nH]c(N)c2NC(=O)C12CCNCC2. The maximum atomic E-state index is 12.3. The lowest BCUT2D eigenvalue weighted by molar-refractivity contribution is -0.122. The van der Waals surface area contributed by atoms with Gasteiger partial charge in [-0.3, -0.25) is 4.79 Å². The van der Waals surface area contributed by atoms with Crippen molar-refractivity contribution in [3.8, 4) is 0 Å². The molecule has 1 spiro atoms. The van der Waals surface area contributed by atoms with Crippen LogP contribution in [0.25, 0.3) is 0 Å². The number of nitrogen functional groups attached to an aromatic ring is 1. The van der Waals surface area contributed by atoms with E-state index >= 15 is 0 Å². The van der Waals surface area contributed by atoms with Gasteiger partial charge in [0, 0.05) is 13.2 Å². The van der Waals surface area contributed by atoms with E-state index in [-0.39, 0.29) is 5.91 Å². The van der Waals surface area contributed by atoms with Gasteiger partial charge in [0.1, 0.15) is 17.0 Å². The molecule has 0 bridgehead atoms. The Labute approximate surface area is 99.5 Å². The van der Waals surface area contributed by atoms with E-state index in [9.17, 15) is 4.79 Å². The highest BCUT2D eigenvalue weighted by molar-refractivity contribution is 6.09. The number of aromatic nitrogens is 1. The van der Waals surface area contributed by atoms with Crippen molar-refractivity contribution in [1.29, 1.82) is 0 Å². The summed E-state index contributed by atoms with van der Waals surface area (Å²) in [6, 6.07) is 0. The van der Waals surface area contributed by atoms with E-state index in [1.165, 1.54) is 0 Å². The van der Waals surface area contributed by atoms with Crippen LogP contribution in [-0.4, -0.2) is 36.6 Å². The van der Waals surface area contributed by atoms with Gasteiger partial charge in [0.05, 0.1) is 5.69 Å². The highest BCUT2D eigenvalue weighted by atomic mass is 16.2. The molecule has 17 heavy (non-hydrogen) atoms. The normalized spacial score (nSPS) is 22.4. The number of amides is 1. The summed E-state index contributed by atoms with van der Waals surface area (Å²) in [4.78, 5) is 17.4. The van der Waals surface area contributed by atoms with Crippen LogP contribution in [0.15, 0.2) is 6.20 Å². The number of H-pyrrole nitrogens is 1. The van der Waals surface area contributed by atoms with Crippen LogP contribution in [-0.2, 0) is 4.79 Å². The van der Waals surface area contributed by atoms with Crippen LogP contribution < -0.4 is 21.3 Å². The first-order valence-electron chi connectivity index (χ1n) is 5.88. The number of nitrogens with one attached hydrogen (secondary N) is 3. The first-order valence-corrected chi connectivity index (χ1v) is 5.88. The summed E-state index contributed by atoms with van der Waals surface area (Å²) in [5.74, 6) is 0.573. The van der Waals surface area contributed by atoms with Gasteiger partial charge in [-0.05, 0) is 25.9 Å². The summed E-state index contributed by atoms with van der Waals surface area (Å²) in [7, 11) is 1.97. The van der Waals surface area contributed by atoms with Crippen molar-refractivity contribution in [2.75, 3.05) is 36.1 Å². The Morgan fingerprint density at radius 2 is 2.12 bits per heavy atom. The van der Waals surface area contributed by atoms with E-state index in [1.54, 1.807) is 0 Å². The summed E-state index contributed by atoms with van der Waals surface area (Å²) < 4.78 is 0. The van der Waals surface area contributed by atoms with E-state index in [0.29, 0.717) is 11.5 Å². The van der Waals surface area contributed by atoms with Crippen LogP contribution in [0.1, 0.15) is 12.8 Å². The number of nitrogens with two attached hydrogens (primary N) is 1. The van der Waals surface area contributed by atoms with Crippen molar-refractivity contribution in [2.45, 2.75) is 18.4 Å². The number of piperidine rings is 1. The highest BCUT2D eigenvalue weighted by Gasteiger charge is 2.47. The molecule has 5 N–H and O–H groups in total. The minimum absolute atomic E-state index is 0.0558. The molecule has 1 saturated heterocycles. The summed E-state index contributed by atoms with van der Waals surface area (Å²) >= 11 is 0. The van der Waals surface area contributed by atoms with Crippen molar-refractivity contribution in [2.24, 2.45) is 0 Å². The average Bonchev–Trinajstić information content (AvgIpc) is 2.70. The molecule has 1 aromatic rings.